The lowest BCUT2D eigenvalue weighted by Gasteiger charge is -2.34. The van der Waals surface area contributed by atoms with E-state index >= 15 is 0 Å². The number of hydrogen-bond donors (Lipinski definition) is 2. The summed E-state index contributed by atoms with van der Waals surface area (Å²) >= 11 is 0. The molecule has 2 heterocycles. The third-order valence-corrected chi connectivity index (χ3v) is 4.74. The predicted molar refractivity (Wildman–Crippen MR) is 96.4 cm³/mol. The molecular formula is C19H26N4O2. The van der Waals surface area contributed by atoms with Crippen molar-refractivity contribution >= 4 is 5.91 Å². The predicted octanol–water partition coefficient (Wildman–Crippen LogP) is 1.51. The second-order valence-corrected chi connectivity index (χ2v) is 6.53. The number of nitrogens with one attached hydrogen (secondary N) is 1. The largest absolute Gasteiger partial charge is 0.395 e. The Morgan fingerprint density at radius 1 is 1.32 bits per heavy atom. The molecule has 1 aliphatic heterocycles. The summed E-state index contributed by atoms with van der Waals surface area (Å²) in [5, 5.41) is 16.6. The molecule has 134 valence electrons. The number of piperidine rings is 1. The van der Waals surface area contributed by atoms with E-state index < -0.39 is 0 Å². The maximum atomic E-state index is 12.4. The van der Waals surface area contributed by atoms with Gasteiger partial charge in [-0.3, -0.25) is 14.4 Å². The number of aromatic nitrogens is 2. The van der Waals surface area contributed by atoms with Crippen molar-refractivity contribution in [2.75, 3.05) is 26.2 Å². The molecule has 0 unspecified atom stereocenters. The van der Waals surface area contributed by atoms with Gasteiger partial charge in [0.1, 0.15) is 0 Å². The molecule has 1 fully saturated rings. The van der Waals surface area contributed by atoms with Gasteiger partial charge < -0.3 is 10.4 Å². The molecule has 1 aromatic heterocycles. The van der Waals surface area contributed by atoms with E-state index in [0.717, 1.165) is 25.1 Å². The number of hydrogen-bond acceptors (Lipinski definition) is 4. The molecule has 1 aromatic carbocycles. The Hall–Kier alpha value is -2.18. The highest BCUT2D eigenvalue weighted by Gasteiger charge is 2.21. The van der Waals surface area contributed by atoms with Crippen molar-refractivity contribution in [3.63, 3.8) is 0 Å². The number of amides is 1. The molecule has 1 aliphatic rings. The van der Waals surface area contributed by atoms with Crippen LogP contribution in [0.1, 0.15) is 35.2 Å². The van der Waals surface area contributed by atoms with Crippen LogP contribution in [0.5, 0.6) is 0 Å². The zero-order valence-corrected chi connectivity index (χ0v) is 14.5. The van der Waals surface area contributed by atoms with Gasteiger partial charge in [0.25, 0.3) is 5.91 Å². The van der Waals surface area contributed by atoms with Crippen molar-refractivity contribution in [1.82, 2.24) is 20.0 Å². The molecule has 0 spiro atoms. The molecular weight excluding hydrogens is 316 g/mol. The summed E-state index contributed by atoms with van der Waals surface area (Å²) in [5.41, 5.74) is 1.72. The Morgan fingerprint density at radius 3 is 3.04 bits per heavy atom. The van der Waals surface area contributed by atoms with Crippen LogP contribution in [0.4, 0.5) is 0 Å². The van der Waals surface area contributed by atoms with Gasteiger partial charge in [-0.15, -0.1) is 0 Å². The average Bonchev–Trinajstić information content (AvgIpc) is 3.15. The molecule has 6 nitrogen and oxygen atoms in total. The Bertz CT molecular complexity index is 672. The van der Waals surface area contributed by atoms with Gasteiger partial charge in [-0.2, -0.15) is 5.10 Å². The SMILES string of the molecule is O=C(NCCN1CCCC[C@@H]1CO)c1cccc(Cn2cccn2)c1. The number of likely N-dealkylation sites (tertiary alicyclic amines) is 1. The number of carbonyl (C=O) groups excluding carboxylic acids is 1. The minimum atomic E-state index is -0.0557. The van der Waals surface area contributed by atoms with E-state index in [9.17, 15) is 9.90 Å². The Morgan fingerprint density at radius 2 is 2.24 bits per heavy atom. The van der Waals surface area contributed by atoms with E-state index in [0.29, 0.717) is 18.7 Å². The van der Waals surface area contributed by atoms with Gasteiger partial charge in [0.15, 0.2) is 0 Å². The molecule has 6 heteroatoms. The smallest absolute Gasteiger partial charge is 0.251 e. The van der Waals surface area contributed by atoms with E-state index in [-0.39, 0.29) is 18.6 Å². The quantitative estimate of drug-likeness (QED) is 0.800. The fraction of sp³-hybridized carbons (Fsp3) is 0.474. The van der Waals surface area contributed by atoms with Crippen molar-refractivity contribution in [3.8, 4) is 0 Å². The molecule has 1 amide bonds. The van der Waals surface area contributed by atoms with Crippen LogP contribution in [0.3, 0.4) is 0 Å². The highest BCUT2D eigenvalue weighted by molar-refractivity contribution is 5.94. The normalized spacial score (nSPS) is 18.2. The Kier molecular flexibility index (Phi) is 6.19. The number of nitrogens with zero attached hydrogens (tertiary/aromatic N) is 3. The summed E-state index contributed by atoms with van der Waals surface area (Å²) in [6.07, 6.45) is 7.04. The summed E-state index contributed by atoms with van der Waals surface area (Å²) in [5.74, 6) is -0.0557. The molecule has 1 saturated heterocycles. The van der Waals surface area contributed by atoms with E-state index in [1.54, 1.807) is 6.20 Å². The number of aliphatic hydroxyl groups excluding tert-OH is 1. The van der Waals surface area contributed by atoms with Crippen molar-refractivity contribution in [3.05, 3.63) is 53.9 Å². The number of benzene rings is 1. The van der Waals surface area contributed by atoms with Crippen LogP contribution in [-0.2, 0) is 6.54 Å². The van der Waals surface area contributed by atoms with Gasteiger partial charge >= 0.3 is 0 Å². The van der Waals surface area contributed by atoms with E-state index in [4.69, 9.17) is 0 Å². The van der Waals surface area contributed by atoms with Crippen LogP contribution >= 0.6 is 0 Å². The first-order valence-corrected chi connectivity index (χ1v) is 8.96. The van der Waals surface area contributed by atoms with E-state index in [2.05, 4.69) is 15.3 Å². The molecule has 0 bridgehead atoms. The summed E-state index contributed by atoms with van der Waals surface area (Å²) in [6, 6.07) is 9.77. The Balaban J connectivity index is 1.51. The highest BCUT2D eigenvalue weighted by Crippen LogP contribution is 2.15. The number of rotatable bonds is 7. The van der Waals surface area contributed by atoms with Crippen LogP contribution in [0, 0.1) is 0 Å². The minimum absolute atomic E-state index is 0.0557. The molecule has 0 saturated carbocycles. The van der Waals surface area contributed by atoms with E-state index in [1.807, 2.05) is 41.2 Å². The van der Waals surface area contributed by atoms with Gasteiger partial charge in [-0.05, 0) is 43.1 Å². The summed E-state index contributed by atoms with van der Waals surface area (Å²) in [7, 11) is 0. The second kappa shape index (κ2) is 8.78. The molecule has 2 N–H and O–H groups in total. The summed E-state index contributed by atoms with van der Waals surface area (Å²) in [4.78, 5) is 14.7. The van der Waals surface area contributed by atoms with Crippen LogP contribution in [0.25, 0.3) is 0 Å². The van der Waals surface area contributed by atoms with Gasteiger partial charge in [-0.25, -0.2) is 0 Å². The molecule has 1 atom stereocenters. The summed E-state index contributed by atoms with van der Waals surface area (Å²) in [6.45, 7) is 3.23. The first-order chi connectivity index (χ1) is 12.3. The molecule has 0 radical (unpaired) electrons. The van der Waals surface area contributed by atoms with Crippen molar-refractivity contribution < 1.29 is 9.90 Å². The van der Waals surface area contributed by atoms with Gasteiger partial charge in [0.2, 0.25) is 0 Å². The lowest BCUT2D eigenvalue weighted by atomic mass is 10.0. The maximum absolute atomic E-state index is 12.4. The monoisotopic (exact) mass is 342 g/mol. The third-order valence-electron chi connectivity index (χ3n) is 4.74. The van der Waals surface area contributed by atoms with Crippen LogP contribution in [0.15, 0.2) is 42.7 Å². The zero-order chi connectivity index (χ0) is 17.5. The first kappa shape index (κ1) is 17.6. The van der Waals surface area contributed by atoms with Crippen LogP contribution in [0.2, 0.25) is 0 Å². The standard InChI is InChI=1S/C19H26N4O2/c24-15-18-7-1-2-10-22(18)12-9-20-19(25)17-6-3-5-16(13-17)14-23-11-4-8-21-23/h3-6,8,11,13,18,24H,1-2,7,9-10,12,14-15H2,(H,20,25)/t18-/m1/s1. The maximum Gasteiger partial charge on any atom is 0.251 e. The van der Waals surface area contributed by atoms with Crippen LogP contribution < -0.4 is 5.32 Å². The molecule has 2 aromatic rings. The van der Waals surface area contributed by atoms with Gasteiger partial charge in [-0.1, -0.05) is 18.6 Å². The molecule has 25 heavy (non-hydrogen) atoms. The lowest BCUT2D eigenvalue weighted by Crippen LogP contribution is -2.45. The zero-order valence-electron chi connectivity index (χ0n) is 14.5. The first-order valence-electron chi connectivity index (χ1n) is 8.96. The fourth-order valence-corrected chi connectivity index (χ4v) is 3.37. The minimum Gasteiger partial charge on any atom is -0.395 e. The van der Waals surface area contributed by atoms with Crippen LogP contribution in [-0.4, -0.2) is 58.0 Å². The molecule has 3 rings (SSSR count). The topological polar surface area (TPSA) is 70.4 Å². The fourth-order valence-electron chi connectivity index (χ4n) is 3.37. The number of aliphatic hydroxyl groups is 1. The highest BCUT2D eigenvalue weighted by atomic mass is 16.3. The van der Waals surface area contributed by atoms with Crippen molar-refractivity contribution in [2.24, 2.45) is 0 Å². The summed E-state index contributed by atoms with van der Waals surface area (Å²) < 4.78 is 1.84. The average molecular weight is 342 g/mol. The third kappa shape index (κ3) is 4.90. The molecule has 0 aliphatic carbocycles. The van der Waals surface area contributed by atoms with Gasteiger partial charge in [0.05, 0.1) is 13.2 Å². The van der Waals surface area contributed by atoms with Crippen molar-refractivity contribution in [1.29, 1.82) is 0 Å². The van der Waals surface area contributed by atoms with Crippen molar-refractivity contribution in [2.45, 2.75) is 31.8 Å². The lowest BCUT2D eigenvalue weighted by molar-refractivity contribution is 0.0849. The van der Waals surface area contributed by atoms with Gasteiger partial charge in [0, 0.05) is 37.1 Å². The Labute approximate surface area is 148 Å². The van der Waals surface area contributed by atoms with E-state index in [1.165, 1.54) is 12.8 Å². The second-order valence-electron chi connectivity index (χ2n) is 6.53. The number of carbonyl (C=O) groups is 1.